The third kappa shape index (κ3) is 4.50. The quantitative estimate of drug-likeness (QED) is 0.153. The Labute approximate surface area is 290 Å². The number of aromatic nitrogens is 2. The van der Waals surface area contributed by atoms with E-state index in [1.54, 1.807) is 6.07 Å². The zero-order valence-corrected chi connectivity index (χ0v) is 30.0. The van der Waals surface area contributed by atoms with Crippen LogP contribution in [-0.2, 0) is 17.4 Å². The fraction of sp³-hybridized carbons (Fsp3) is 0.304. The lowest BCUT2D eigenvalue weighted by atomic mass is 9.68. The van der Waals surface area contributed by atoms with Crippen molar-refractivity contribution in [2.75, 3.05) is 0 Å². The fourth-order valence-corrected chi connectivity index (χ4v) is 9.14. The Morgan fingerprint density at radius 2 is 1.55 bits per heavy atom. The topological polar surface area (TPSA) is 7.76 Å². The maximum atomic E-state index is 16.5. The molecule has 3 heteroatoms. The van der Waals surface area contributed by atoms with Crippen molar-refractivity contribution in [3.8, 4) is 22.5 Å². The highest BCUT2D eigenvalue weighted by atomic mass is 19.1. The number of fused-ring (bicyclic) bond motifs is 1. The molecule has 0 N–H and O–H groups in total. The van der Waals surface area contributed by atoms with Crippen LogP contribution in [0.3, 0.4) is 0 Å². The molecule has 0 atom stereocenters. The molecule has 6 aromatic rings. The number of allylic oxidation sites excluding steroid dienone is 1. The number of benzene rings is 4. The van der Waals surface area contributed by atoms with Crippen LogP contribution in [0.15, 0.2) is 91.3 Å². The molecule has 0 bridgehead atoms. The van der Waals surface area contributed by atoms with Gasteiger partial charge < -0.3 is 0 Å². The van der Waals surface area contributed by atoms with Gasteiger partial charge in [0.2, 0.25) is 11.4 Å². The summed E-state index contributed by atoms with van der Waals surface area (Å²) >= 11 is 0. The summed E-state index contributed by atoms with van der Waals surface area (Å²) in [6, 6.07) is 28.6. The van der Waals surface area contributed by atoms with Crippen LogP contribution >= 0.6 is 0 Å². The van der Waals surface area contributed by atoms with E-state index in [9.17, 15) is 0 Å². The monoisotopic (exact) mass is 646 g/mol. The molecular weight excluding hydrogens is 600 g/mol. The number of nitrogens with zero attached hydrogens (tertiary/aromatic N) is 2. The highest BCUT2D eigenvalue weighted by Crippen LogP contribution is 2.53. The Kier molecular flexibility index (Phi) is 7.41. The lowest BCUT2D eigenvalue weighted by Gasteiger charge is -2.35. The summed E-state index contributed by atoms with van der Waals surface area (Å²) < 4.78 is 21.5. The minimum absolute atomic E-state index is 0.123. The van der Waals surface area contributed by atoms with Gasteiger partial charge in [-0.1, -0.05) is 95.1 Å². The molecule has 1 aliphatic carbocycles. The number of halogens is 1. The molecule has 2 aliphatic rings. The maximum absolute atomic E-state index is 16.5. The highest BCUT2D eigenvalue weighted by molar-refractivity contribution is 6.03. The molecule has 1 aliphatic heterocycles. The molecule has 0 saturated heterocycles. The number of hydrogen-bond acceptors (Lipinski definition) is 0. The molecule has 3 heterocycles. The minimum Gasteiger partial charge on any atom is -0.207 e. The second-order valence-electron chi connectivity index (χ2n) is 15.0. The molecule has 4 aromatic carbocycles. The van der Waals surface area contributed by atoms with E-state index >= 15 is 4.39 Å². The first-order chi connectivity index (χ1) is 23.6. The average molecular weight is 647 g/mol. The SMILES string of the molecule is CCCCc1cc2c3c4[n+](ccc3c1)C(CC)(CC)C([n+]1ccc3ccccc3c1-c1cc(C)ccc1C)=Cc1ccc(F)c(c1-4)C2(C)C. The van der Waals surface area contributed by atoms with Crippen molar-refractivity contribution < 1.29 is 13.5 Å². The van der Waals surface area contributed by atoms with Crippen molar-refractivity contribution in [3.05, 3.63) is 130 Å². The van der Waals surface area contributed by atoms with Gasteiger partial charge in [0, 0.05) is 42.0 Å². The Bertz CT molecular complexity index is 2350. The van der Waals surface area contributed by atoms with E-state index in [1.165, 1.54) is 60.8 Å². The van der Waals surface area contributed by atoms with Crippen LogP contribution in [-0.4, -0.2) is 0 Å². The number of unbranched alkanes of at least 4 members (excludes halogenated alkanes) is 1. The first-order valence-electron chi connectivity index (χ1n) is 18.2. The number of aryl methyl sites for hydroxylation is 3. The molecule has 0 saturated carbocycles. The van der Waals surface area contributed by atoms with Gasteiger partial charge in [-0.2, -0.15) is 9.13 Å². The van der Waals surface area contributed by atoms with E-state index in [4.69, 9.17) is 0 Å². The highest BCUT2D eigenvalue weighted by Gasteiger charge is 2.54. The molecule has 0 amide bonds. The molecule has 0 radical (unpaired) electrons. The molecule has 8 rings (SSSR count). The van der Waals surface area contributed by atoms with Gasteiger partial charge in [-0.05, 0) is 77.9 Å². The second kappa shape index (κ2) is 11.5. The van der Waals surface area contributed by atoms with Gasteiger partial charge in [0.05, 0.1) is 21.9 Å². The Balaban J connectivity index is 1.54. The van der Waals surface area contributed by atoms with Crippen LogP contribution in [0.2, 0.25) is 0 Å². The van der Waals surface area contributed by atoms with Gasteiger partial charge in [-0.3, -0.25) is 0 Å². The van der Waals surface area contributed by atoms with Gasteiger partial charge in [0.1, 0.15) is 5.82 Å². The molecule has 0 fully saturated rings. The zero-order chi connectivity index (χ0) is 34.2. The van der Waals surface area contributed by atoms with Crippen LogP contribution in [0, 0.1) is 19.7 Å². The van der Waals surface area contributed by atoms with Crippen molar-refractivity contribution >= 4 is 33.3 Å². The summed E-state index contributed by atoms with van der Waals surface area (Å²) in [6.45, 7) is 15.7. The van der Waals surface area contributed by atoms with Crippen molar-refractivity contribution in [1.29, 1.82) is 0 Å². The molecule has 49 heavy (non-hydrogen) atoms. The lowest BCUT2D eigenvalue weighted by Crippen LogP contribution is -2.62. The second-order valence-corrected chi connectivity index (χ2v) is 15.0. The number of rotatable bonds is 7. The number of hydrogen-bond donors (Lipinski definition) is 0. The predicted octanol–water partition coefficient (Wildman–Crippen LogP) is 11.2. The van der Waals surface area contributed by atoms with E-state index in [-0.39, 0.29) is 5.82 Å². The standard InChI is InChI=1S/C46H47FN2/c1-8-11-14-31-26-34-22-24-49-44-40(34)37(27-31)45(6,7)42-38(47)20-19-33(41(42)44)28-39(46(49,9-2)10-3)48-23-21-32-15-12-13-16-35(32)43(48)36-25-29(4)17-18-30(36)5/h12-13,15-28H,8-11,14H2,1-7H3/q+2. The lowest BCUT2D eigenvalue weighted by molar-refractivity contribution is -0.761. The third-order valence-electron chi connectivity index (χ3n) is 11.8. The smallest absolute Gasteiger partial charge is 0.207 e. The van der Waals surface area contributed by atoms with E-state index in [1.807, 2.05) is 6.07 Å². The largest absolute Gasteiger partial charge is 0.260 e. The molecule has 0 unspecified atom stereocenters. The van der Waals surface area contributed by atoms with Crippen molar-refractivity contribution in [3.63, 3.8) is 0 Å². The summed E-state index contributed by atoms with van der Waals surface area (Å²) in [4.78, 5) is 0. The van der Waals surface area contributed by atoms with Crippen molar-refractivity contribution in [2.45, 2.75) is 91.5 Å². The van der Waals surface area contributed by atoms with Crippen LogP contribution in [0.1, 0.15) is 93.7 Å². The first kappa shape index (κ1) is 31.6. The maximum Gasteiger partial charge on any atom is 0.260 e. The van der Waals surface area contributed by atoms with E-state index in [0.29, 0.717) is 0 Å². The van der Waals surface area contributed by atoms with Crippen LogP contribution in [0.25, 0.3) is 55.8 Å². The predicted molar refractivity (Wildman–Crippen MR) is 202 cm³/mol. The summed E-state index contributed by atoms with van der Waals surface area (Å²) in [5, 5.41) is 4.96. The van der Waals surface area contributed by atoms with Crippen molar-refractivity contribution in [2.24, 2.45) is 0 Å². The molecule has 246 valence electrons. The van der Waals surface area contributed by atoms with Gasteiger partial charge >= 0.3 is 0 Å². The minimum atomic E-state index is -0.499. The van der Waals surface area contributed by atoms with Gasteiger partial charge in [-0.25, -0.2) is 4.39 Å². The van der Waals surface area contributed by atoms with E-state index < -0.39 is 11.0 Å². The average Bonchev–Trinajstić information content (AvgIpc) is 3.23. The van der Waals surface area contributed by atoms with Gasteiger partial charge in [0.25, 0.3) is 11.2 Å². The van der Waals surface area contributed by atoms with Crippen LogP contribution in [0.4, 0.5) is 4.39 Å². The van der Waals surface area contributed by atoms with Crippen LogP contribution in [0.5, 0.6) is 0 Å². The van der Waals surface area contributed by atoms with Crippen LogP contribution < -0.4 is 9.13 Å². The fourth-order valence-electron chi connectivity index (χ4n) is 9.14. The third-order valence-corrected chi connectivity index (χ3v) is 11.8. The molecule has 0 spiro atoms. The number of pyridine rings is 2. The Hall–Kier alpha value is -4.63. The summed E-state index contributed by atoms with van der Waals surface area (Å²) in [5.74, 6) is -0.123. The summed E-state index contributed by atoms with van der Waals surface area (Å²) in [5.41, 5.74) is 11.9. The van der Waals surface area contributed by atoms with Crippen molar-refractivity contribution in [1.82, 2.24) is 0 Å². The summed E-state index contributed by atoms with van der Waals surface area (Å²) in [6.07, 6.45) is 12.1. The Morgan fingerprint density at radius 3 is 2.33 bits per heavy atom. The molecular formula is C46H47FN2+2. The first-order valence-corrected chi connectivity index (χ1v) is 18.2. The summed E-state index contributed by atoms with van der Waals surface area (Å²) in [7, 11) is 0. The molecule has 2 aromatic heterocycles. The zero-order valence-electron chi connectivity index (χ0n) is 30.0. The normalized spacial score (nSPS) is 15.4. The van der Waals surface area contributed by atoms with Gasteiger partial charge in [0.15, 0.2) is 12.4 Å². The molecule has 2 nitrogen and oxygen atoms in total. The van der Waals surface area contributed by atoms with E-state index in [0.717, 1.165) is 54.5 Å². The van der Waals surface area contributed by atoms with E-state index in [2.05, 4.69) is 143 Å². The Morgan fingerprint density at radius 1 is 0.776 bits per heavy atom. The van der Waals surface area contributed by atoms with Gasteiger partial charge in [-0.15, -0.1) is 0 Å².